The first-order chi connectivity index (χ1) is 9.69. The van der Waals surface area contributed by atoms with Gasteiger partial charge in [0.2, 0.25) is 0 Å². The van der Waals surface area contributed by atoms with Crippen LogP contribution in [-0.2, 0) is 0 Å². The molecule has 0 amide bonds. The van der Waals surface area contributed by atoms with Crippen molar-refractivity contribution in [2.75, 3.05) is 26.3 Å². The number of piperidine rings is 1. The van der Waals surface area contributed by atoms with Crippen molar-refractivity contribution in [2.45, 2.75) is 26.2 Å². The second-order valence-electron chi connectivity index (χ2n) is 5.85. The fraction of sp³-hybridized carbons (Fsp3) is 0.562. The molecule has 108 valence electrons. The summed E-state index contributed by atoms with van der Waals surface area (Å²) < 4.78 is 11.3. The number of ketones is 1. The van der Waals surface area contributed by atoms with Crippen LogP contribution in [0.15, 0.2) is 18.2 Å². The van der Waals surface area contributed by atoms with E-state index in [1.807, 2.05) is 18.2 Å². The largest absolute Gasteiger partial charge is 0.490 e. The van der Waals surface area contributed by atoms with Crippen molar-refractivity contribution in [2.24, 2.45) is 5.41 Å². The maximum Gasteiger partial charge on any atom is 0.168 e. The van der Waals surface area contributed by atoms with Crippen molar-refractivity contribution >= 4 is 5.78 Å². The molecule has 0 radical (unpaired) electrons. The molecule has 1 N–H and O–H groups in total. The number of rotatable bonds is 2. The number of carbonyl (C=O) groups excluding carboxylic acids is 1. The molecular weight excluding hydrogens is 254 g/mol. The molecule has 0 bridgehead atoms. The van der Waals surface area contributed by atoms with Crippen molar-refractivity contribution in [3.05, 3.63) is 23.8 Å². The van der Waals surface area contributed by atoms with E-state index in [1.54, 1.807) is 0 Å². The lowest BCUT2D eigenvalue weighted by Crippen LogP contribution is -2.40. The quantitative estimate of drug-likeness (QED) is 0.842. The van der Waals surface area contributed by atoms with E-state index in [0.717, 1.165) is 43.7 Å². The van der Waals surface area contributed by atoms with Crippen LogP contribution < -0.4 is 14.8 Å². The lowest BCUT2D eigenvalue weighted by Gasteiger charge is -2.32. The number of hydrogen-bond donors (Lipinski definition) is 1. The minimum atomic E-state index is -0.259. The average Bonchev–Trinajstić information content (AvgIpc) is 2.71. The Kier molecular flexibility index (Phi) is 3.66. The molecule has 4 heteroatoms. The van der Waals surface area contributed by atoms with E-state index in [1.165, 1.54) is 0 Å². The van der Waals surface area contributed by atoms with Crippen LogP contribution in [0.5, 0.6) is 11.5 Å². The normalized spacial score (nSPS) is 21.1. The van der Waals surface area contributed by atoms with Crippen molar-refractivity contribution in [3.63, 3.8) is 0 Å². The molecule has 1 aromatic rings. The summed E-state index contributed by atoms with van der Waals surface area (Å²) in [5, 5.41) is 3.31. The van der Waals surface area contributed by atoms with Crippen LogP contribution >= 0.6 is 0 Å². The van der Waals surface area contributed by atoms with Gasteiger partial charge in [0.05, 0.1) is 13.2 Å². The van der Waals surface area contributed by atoms with E-state index in [4.69, 9.17) is 9.47 Å². The van der Waals surface area contributed by atoms with Crippen LogP contribution in [0, 0.1) is 5.41 Å². The van der Waals surface area contributed by atoms with E-state index in [-0.39, 0.29) is 11.2 Å². The van der Waals surface area contributed by atoms with Crippen LogP contribution in [0.25, 0.3) is 0 Å². The number of fused-ring (bicyclic) bond motifs is 1. The number of ether oxygens (including phenoxy) is 2. The predicted molar refractivity (Wildman–Crippen MR) is 76.6 cm³/mol. The summed E-state index contributed by atoms with van der Waals surface area (Å²) in [5.74, 6) is 1.66. The van der Waals surface area contributed by atoms with Gasteiger partial charge in [0.15, 0.2) is 17.3 Å². The van der Waals surface area contributed by atoms with Crippen LogP contribution in [0.3, 0.4) is 0 Å². The summed E-state index contributed by atoms with van der Waals surface area (Å²) in [6, 6.07) is 5.57. The van der Waals surface area contributed by atoms with E-state index in [2.05, 4.69) is 12.2 Å². The SMILES string of the molecule is CC1(C(=O)c2ccc3c(c2)OCCCO3)CCNCC1. The standard InChI is InChI=1S/C16H21NO3/c1-16(5-7-17-8-6-16)15(18)12-3-4-13-14(11-12)20-10-2-9-19-13/h3-4,11,17H,2,5-10H2,1H3. The highest BCUT2D eigenvalue weighted by molar-refractivity contribution is 6.00. The van der Waals surface area contributed by atoms with Gasteiger partial charge in [0.1, 0.15) is 0 Å². The van der Waals surface area contributed by atoms with Gasteiger partial charge in [-0.3, -0.25) is 4.79 Å². The number of hydrogen-bond acceptors (Lipinski definition) is 4. The van der Waals surface area contributed by atoms with Gasteiger partial charge < -0.3 is 14.8 Å². The predicted octanol–water partition coefficient (Wildman–Crippen LogP) is 2.42. The minimum absolute atomic E-state index is 0.217. The van der Waals surface area contributed by atoms with Crippen molar-refractivity contribution in [3.8, 4) is 11.5 Å². The Hall–Kier alpha value is -1.55. The zero-order valence-corrected chi connectivity index (χ0v) is 11.9. The number of nitrogens with one attached hydrogen (secondary N) is 1. The molecule has 0 atom stereocenters. The molecule has 4 nitrogen and oxygen atoms in total. The smallest absolute Gasteiger partial charge is 0.168 e. The second-order valence-corrected chi connectivity index (χ2v) is 5.85. The van der Waals surface area contributed by atoms with Gasteiger partial charge in [-0.1, -0.05) is 6.92 Å². The van der Waals surface area contributed by atoms with Crippen molar-refractivity contribution < 1.29 is 14.3 Å². The molecule has 1 fully saturated rings. The Labute approximate surface area is 119 Å². The first kappa shape index (κ1) is 13.4. The monoisotopic (exact) mass is 275 g/mol. The molecule has 0 unspecified atom stereocenters. The molecule has 2 aliphatic rings. The first-order valence-electron chi connectivity index (χ1n) is 7.34. The molecular formula is C16H21NO3. The first-order valence-corrected chi connectivity index (χ1v) is 7.34. The summed E-state index contributed by atoms with van der Waals surface area (Å²) >= 11 is 0. The van der Waals surface area contributed by atoms with Crippen LogP contribution in [0.2, 0.25) is 0 Å². The van der Waals surface area contributed by atoms with E-state index in [0.29, 0.717) is 19.0 Å². The fourth-order valence-electron chi connectivity index (χ4n) is 2.86. The molecule has 1 saturated heterocycles. The number of Topliss-reactive ketones (excluding diaryl/α,β-unsaturated/α-hetero) is 1. The van der Waals surface area contributed by atoms with E-state index >= 15 is 0 Å². The topological polar surface area (TPSA) is 47.6 Å². The van der Waals surface area contributed by atoms with Crippen LogP contribution in [0.1, 0.15) is 36.5 Å². The summed E-state index contributed by atoms with van der Waals surface area (Å²) in [6.45, 7) is 5.20. The third-order valence-electron chi connectivity index (χ3n) is 4.26. The van der Waals surface area contributed by atoms with E-state index < -0.39 is 0 Å². The van der Waals surface area contributed by atoms with Gasteiger partial charge >= 0.3 is 0 Å². The highest BCUT2D eigenvalue weighted by atomic mass is 16.5. The molecule has 3 rings (SSSR count). The molecule has 20 heavy (non-hydrogen) atoms. The Balaban J connectivity index is 1.86. The number of benzene rings is 1. The van der Waals surface area contributed by atoms with Gasteiger partial charge in [0.25, 0.3) is 0 Å². The highest BCUT2D eigenvalue weighted by Crippen LogP contribution is 2.36. The van der Waals surface area contributed by atoms with Crippen LogP contribution in [-0.4, -0.2) is 32.1 Å². The number of carbonyl (C=O) groups is 1. The molecule has 0 aromatic heterocycles. The third-order valence-corrected chi connectivity index (χ3v) is 4.26. The zero-order chi connectivity index (χ0) is 14.0. The summed E-state index contributed by atoms with van der Waals surface area (Å²) in [6.07, 6.45) is 2.65. The summed E-state index contributed by atoms with van der Waals surface area (Å²) in [5.41, 5.74) is 0.476. The van der Waals surface area contributed by atoms with Crippen molar-refractivity contribution in [1.29, 1.82) is 0 Å². The molecule has 0 saturated carbocycles. The second kappa shape index (κ2) is 5.44. The molecule has 2 heterocycles. The van der Waals surface area contributed by atoms with Gasteiger partial charge in [-0.15, -0.1) is 0 Å². The Bertz CT molecular complexity index is 506. The average molecular weight is 275 g/mol. The van der Waals surface area contributed by atoms with Crippen molar-refractivity contribution in [1.82, 2.24) is 5.32 Å². The highest BCUT2D eigenvalue weighted by Gasteiger charge is 2.35. The maximum absolute atomic E-state index is 12.8. The summed E-state index contributed by atoms with van der Waals surface area (Å²) in [7, 11) is 0. The Morgan fingerprint density at radius 2 is 1.85 bits per heavy atom. The Morgan fingerprint density at radius 3 is 2.60 bits per heavy atom. The van der Waals surface area contributed by atoms with E-state index in [9.17, 15) is 4.79 Å². The maximum atomic E-state index is 12.8. The van der Waals surface area contributed by atoms with Gasteiger partial charge in [-0.2, -0.15) is 0 Å². The zero-order valence-electron chi connectivity index (χ0n) is 11.9. The van der Waals surface area contributed by atoms with Gasteiger partial charge in [-0.05, 0) is 44.1 Å². The van der Waals surface area contributed by atoms with Gasteiger partial charge in [-0.25, -0.2) is 0 Å². The van der Waals surface area contributed by atoms with Crippen LogP contribution in [0.4, 0.5) is 0 Å². The summed E-state index contributed by atoms with van der Waals surface area (Å²) in [4.78, 5) is 12.8. The van der Waals surface area contributed by atoms with Gasteiger partial charge in [0, 0.05) is 17.4 Å². The lowest BCUT2D eigenvalue weighted by molar-refractivity contribution is 0.0762. The molecule has 0 aliphatic carbocycles. The molecule has 1 aromatic carbocycles. The Morgan fingerprint density at radius 1 is 1.15 bits per heavy atom. The third kappa shape index (κ3) is 2.52. The fourth-order valence-corrected chi connectivity index (χ4v) is 2.86. The molecule has 2 aliphatic heterocycles. The molecule has 0 spiro atoms. The minimum Gasteiger partial charge on any atom is -0.490 e. The lowest BCUT2D eigenvalue weighted by atomic mass is 9.75.